The highest BCUT2D eigenvalue weighted by atomic mass is 19.1. The summed E-state index contributed by atoms with van der Waals surface area (Å²) in [6, 6.07) is 25.2. The van der Waals surface area contributed by atoms with Gasteiger partial charge in [0.05, 0.1) is 12.1 Å². The fourth-order valence-electron chi connectivity index (χ4n) is 4.01. The van der Waals surface area contributed by atoms with Gasteiger partial charge in [-0.25, -0.2) is 9.37 Å². The number of imidazole rings is 1. The highest BCUT2D eigenvalue weighted by Crippen LogP contribution is 2.28. The second-order valence-electron chi connectivity index (χ2n) is 8.63. The predicted octanol–water partition coefficient (Wildman–Crippen LogP) is 4.85. The molecule has 35 heavy (non-hydrogen) atoms. The molecule has 1 aromatic heterocycles. The monoisotopic (exact) mass is 468 g/mol. The molecule has 1 saturated carbocycles. The highest BCUT2D eigenvalue weighted by Gasteiger charge is 2.34. The third-order valence-electron chi connectivity index (χ3n) is 5.95. The SMILES string of the molecule is O=C(CN(C(=O)Cc1ccccc1)C1CC1)Nc1nc(-c2ccccc2)cn1-c1ccc(F)cc1. The van der Waals surface area contributed by atoms with Crippen LogP contribution in [0.5, 0.6) is 0 Å². The van der Waals surface area contributed by atoms with Gasteiger partial charge in [-0.1, -0.05) is 60.7 Å². The van der Waals surface area contributed by atoms with Gasteiger partial charge in [-0.3, -0.25) is 19.5 Å². The fraction of sp³-hybridized carbons (Fsp3) is 0.179. The molecule has 0 radical (unpaired) electrons. The van der Waals surface area contributed by atoms with Crippen molar-refractivity contribution < 1.29 is 14.0 Å². The van der Waals surface area contributed by atoms with Gasteiger partial charge in [0, 0.05) is 23.5 Å². The fourth-order valence-corrected chi connectivity index (χ4v) is 4.01. The first-order chi connectivity index (χ1) is 17.1. The molecule has 1 aliphatic rings. The molecule has 1 heterocycles. The molecule has 7 heteroatoms. The van der Waals surface area contributed by atoms with Gasteiger partial charge in [0.2, 0.25) is 17.8 Å². The summed E-state index contributed by atoms with van der Waals surface area (Å²) in [5, 5.41) is 2.87. The standard InChI is InChI=1S/C28H25FN4O2/c29-22-11-13-24(14-12-22)33-18-25(21-9-5-2-6-10-21)30-28(33)31-26(34)19-32(23-15-16-23)27(35)17-20-7-3-1-4-8-20/h1-14,18,23H,15-17,19H2,(H,30,31,34). The Morgan fingerprint density at radius 2 is 1.60 bits per heavy atom. The molecule has 176 valence electrons. The van der Waals surface area contributed by atoms with Crippen LogP contribution in [0.2, 0.25) is 0 Å². The third kappa shape index (κ3) is 5.46. The quantitative estimate of drug-likeness (QED) is 0.402. The smallest absolute Gasteiger partial charge is 0.246 e. The molecule has 1 N–H and O–H groups in total. The molecular formula is C28H25FN4O2. The molecule has 0 atom stereocenters. The number of carbonyl (C=O) groups is 2. The van der Waals surface area contributed by atoms with Crippen molar-refractivity contribution in [2.24, 2.45) is 0 Å². The van der Waals surface area contributed by atoms with Crippen LogP contribution in [0, 0.1) is 5.82 Å². The third-order valence-corrected chi connectivity index (χ3v) is 5.95. The molecule has 4 aromatic rings. The van der Waals surface area contributed by atoms with Crippen molar-refractivity contribution in [1.82, 2.24) is 14.5 Å². The van der Waals surface area contributed by atoms with Crippen molar-refractivity contribution in [3.63, 3.8) is 0 Å². The van der Waals surface area contributed by atoms with E-state index in [0.29, 0.717) is 17.3 Å². The summed E-state index contributed by atoms with van der Waals surface area (Å²) in [5.74, 6) is -0.431. The normalized spacial score (nSPS) is 12.8. The van der Waals surface area contributed by atoms with Crippen molar-refractivity contribution in [1.29, 1.82) is 0 Å². The largest absolute Gasteiger partial charge is 0.330 e. The van der Waals surface area contributed by atoms with E-state index in [4.69, 9.17) is 0 Å². The molecule has 1 aliphatic carbocycles. The van der Waals surface area contributed by atoms with Gasteiger partial charge in [-0.15, -0.1) is 0 Å². The Balaban J connectivity index is 1.37. The Labute approximate surface area is 203 Å². The van der Waals surface area contributed by atoms with E-state index >= 15 is 0 Å². The summed E-state index contributed by atoms with van der Waals surface area (Å²) in [6.45, 7) is -0.0483. The molecule has 0 bridgehead atoms. The topological polar surface area (TPSA) is 67.2 Å². The van der Waals surface area contributed by atoms with E-state index in [1.807, 2.05) is 60.7 Å². The lowest BCUT2D eigenvalue weighted by atomic mass is 10.1. The molecule has 0 unspecified atom stereocenters. The van der Waals surface area contributed by atoms with Crippen LogP contribution >= 0.6 is 0 Å². The summed E-state index contributed by atoms with van der Waals surface area (Å²) >= 11 is 0. The Kier molecular flexibility index (Phi) is 6.39. The number of aromatic nitrogens is 2. The maximum Gasteiger partial charge on any atom is 0.246 e. The number of hydrogen-bond donors (Lipinski definition) is 1. The molecule has 2 amide bonds. The Hall–Kier alpha value is -4.26. The minimum atomic E-state index is -0.347. The van der Waals surface area contributed by atoms with Crippen LogP contribution in [0.3, 0.4) is 0 Å². The van der Waals surface area contributed by atoms with Crippen LogP contribution in [0.4, 0.5) is 10.3 Å². The minimum absolute atomic E-state index is 0.0483. The Morgan fingerprint density at radius 3 is 2.26 bits per heavy atom. The number of nitrogens with zero attached hydrogens (tertiary/aromatic N) is 3. The molecule has 0 saturated heterocycles. The lowest BCUT2D eigenvalue weighted by Crippen LogP contribution is -2.40. The van der Waals surface area contributed by atoms with Gasteiger partial charge >= 0.3 is 0 Å². The number of carbonyl (C=O) groups excluding carboxylic acids is 2. The van der Waals surface area contributed by atoms with Gasteiger partial charge < -0.3 is 4.90 Å². The molecular weight excluding hydrogens is 443 g/mol. The van der Waals surface area contributed by atoms with Crippen LogP contribution in [0.15, 0.2) is 91.1 Å². The van der Waals surface area contributed by atoms with Crippen LogP contribution in [-0.2, 0) is 16.0 Å². The second-order valence-corrected chi connectivity index (χ2v) is 8.63. The number of hydrogen-bond acceptors (Lipinski definition) is 3. The van der Waals surface area contributed by atoms with Crippen molar-refractivity contribution in [2.45, 2.75) is 25.3 Å². The molecule has 0 aliphatic heterocycles. The average molecular weight is 469 g/mol. The van der Waals surface area contributed by atoms with E-state index in [2.05, 4.69) is 10.3 Å². The molecule has 6 nitrogen and oxygen atoms in total. The average Bonchev–Trinajstić information content (AvgIpc) is 3.64. The molecule has 0 spiro atoms. The number of rotatable bonds is 8. The number of anilines is 1. The minimum Gasteiger partial charge on any atom is -0.330 e. The van der Waals surface area contributed by atoms with E-state index in [9.17, 15) is 14.0 Å². The maximum absolute atomic E-state index is 13.5. The first kappa shape index (κ1) is 22.5. The van der Waals surface area contributed by atoms with Gasteiger partial charge in [0.25, 0.3) is 0 Å². The zero-order chi connectivity index (χ0) is 24.2. The van der Waals surface area contributed by atoms with Gasteiger partial charge in [0.15, 0.2) is 0 Å². The van der Waals surface area contributed by atoms with E-state index in [-0.39, 0.29) is 36.6 Å². The number of benzene rings is 3. The molecule has 5 rings (SSSR count). The van der Waals surface area contributed by atoms with E-state index in [1.54, 1.807) is 27.8 Å². The van der Waals surface area contributed by atoms with Crippen LogP contribution < -0.4 is 5.32 Å². The second kappa shape index (κ2) is 9.93. The first-order valence-corrected chi connectivity index (χ1v) is 11.6. The van der Waals surface area contributed by atoms with E-state index in [1.165, 1.54) is 12.1 Å². The summed E-state index contributed by atoms with van der Waals surface area (Å²) < 4.78 is 15.2. The van der Waals surface area contributed by atoms with Gasteiger partial charge in [0.1, 0.15) is 12.4 Å². The van der Waals surface area contributed by atoms with Crippen molar-refractivity contribution in [3.05, 3.63) is 103 Å². The summed E-state index contributed by atoms with van der Waals surface area (Å²) in [6.07, 6.45) is 3.86. The molecule has 1 fully saturated rings. The van der Waals surface area contributed by atoms with E-state index in [0.717, 1.165) is 24.0 Å². The lowest BCUT2D eigenvalue weighted by Gasteiger charge is -2.22. The van der Waals surface area contributed by atoms with Crippen LogP contribution in [0.1, 0.15) is 18.4 Å². The van der Waals surface area contributed by atoms with Crippen LogP contribution in [-0.4, -0.2) is 38.9 Å². The van der Waals surface area contributed by atoms with Crippen molar-refractivity contribution in [3.8, 4) is 16.9 Å². The summed E-state index contributed by atoms with van der Waals surface area (Å²) in [7, 11) is 0. The van der Waals surface area contributed by atoms with E-state index < -0.39 is 0 Å². The zero-order valence-electron chi connectivity index (χ0n) is 19.1. The maximum atomic E-state index is 13.5. The Morgan fingerprint density at radius 1 is 0.943 bits per heavy atom. The highest BCUT2D eigenvalue weighted by molar-refractivity contribution is 5.94. The number of nitrogens with one attached hydrogen (secondary N) is 1. The predicted molar refractivity (Wildman–Crippen MR) is 132 cm³/mol. The van der Waals surface area contributed by atoms with Gasteiger partial charge in [-0.05, 0) is 42.7 Å². The lowest BCUT2D eigenvalue weighted by molar-refractivity contribution is -0.134. The summed E-state index contributed by atoms with van der Waals surface area (Å²) in [4.78, 5) is 32.3. The van der Waals surface area contributed by atoms with Crippen molar-refractivity contribution in [2.75, 3.05) is 11.9 Å². The summed E-state index contributed by atoms with van der Waals surface area (Å²) in [5.41, 5.74) is 3.14. The molecule has 3 aromatic carbocycles. The number of halogens is 1. The zero-order valence-corrected chi connectivity index (χ0v) is 19.1. The van der Waals surface area contributed by atoms with Crippen LogP contribution in [0.25, 0.3) is 16.9 Å². The van der Waals surface area contributed by atoms with Gasteiger partial charge in [-0.2, -0.15) is 0 Å². The van der Waals surface area contributed by atoms with Crippen molar-refractivity contribution >= 4 is 17.8 Å². The first-order valence-electron chi connectivity index (χ1n) is 11.6. The Bertz CT molecular complexity index is 1320. The number of amides is 2.